The molecule has 3 aromatic rings. The van der Waals surface area contributed by atoms with Crippen molar-refractivity contribution in [2.24, 2.45) is 0 Å². The van der Waals surface area contributed by atoms with Crippen molar-refractivity contribution in [1.82, 2.24) is 15.0 Å². The van der Waals surface area contributed by atoms with Crippen LogP contribution in [0.2, 0.25) is 0 Å². The summed E-state index contributed by atoms with van der Waals surface area (Å²) in [5.74, 6) is 1.56. The van der Waals surface area contributed by atoms with Gasteiger partial charge in [-0.15, -0.1) is 0 Å². The number of rotatable bonds is 2. The Morgan fingerprint density at radius 2 is 1.80 bits per heavy atom. The number of hydrogen-bond acceptors (Lipinski definition) is 2. The third-order valence-electron chi connectivity index (χ3n) is 3.71. The number of nitrogens with zero attached hydrogens (tertiary/aromatic N) is 1. The molecule has 2 heterocycles. The predicted octanol–water partition coefficient (Wildman–Crippen LogP) is 3.65. The molecule has 1 aromatic carbocycles. The number of hydrogen-bond donors (Lipinski definition) is 2. The van der Waals surface area contributed by atoms with Gasteiger partial charge < -0.3 is 9.97 Å². The molecule has 104 valence electrons. The summed E-state index contributed by atoms with van der Waals surface area (Å²) in [6.07, 6.45) is 0. The number of aromatic nitrogens is 3. The number of aromatic amines is 2. The zero-order valence-corrected chi connectivity index (χ0v) is 12.2. The van der Waals surface area contributed by atoms with Gasteiger partial charge in [0, 0.05) is 11.3 Å². The molecule has 3 rings (SSSR count). The number of H-pyrrole nitrogens is 2. The summed E-state index contributed by atoms with van der Waals surface area (Å²) >= 11 is 0. The normalized spacial score (nSPS) is 12.1. The molecule has 0 aliphatic carbocycles. The molecule has 0 aliphatic rings. The van der Waals surface area contributed by atoms with Gasteiger partial charge in [-0.1, -0.05) is 39.8 Å². The number of nitrogens with one attached hydrogen (secondary N) is 2. The van der Waals surface area contributed by atoms with Crippen LogP contribution in [0.25, 0.3) is 21.9 Å². The van der Waals surface area contributed by atoms with Crippen LogP contribution < -0.4 is 5.56 Å². The molecular weight excluding hydrogens is 250 g/mol. The summed E-state index contributed by atoms with van der Waals surface area (Å²) in [4.78, 5) is 22.8. The second kappa shape index (κ2) is 4.47. The average molecular weight is 269 g/mol. The fourth-order valence-electron chi connectivity index (χ4n) is 2.45. The lowest BCUT2D eigenvalue weighted by Gasteiger charge is -2.07. The summed E-state index contributed by atoms with van der Waals surface area (Å²) in [6, 6.07) is 6.22. The van der Waals surface area contributed by atoms with Crippen LogP contribution in [-0.4, -0.2) is 15.0 Å². The summed E-state index contributed by atoms with van der Waals surface area (Å²) in [6.45, 7) is 8.41. The van der Waals surface area contributed by atoms with E-state index in [-0.39, 0.29) is 11.5 Å². The van der Waals surface area contributed by atoms with Gasteiger partial charge in [0.25, 0.3) is 5.56 Å². The van der Waals surface area contributed by atoms with Crippen LogP contribution in [0.3, 0.4) is 0 Å². The molecule has 0 atom stereocenters. The highest BCUT2D eigenvalue weighted by molar-refractivity contribution is 6.01. The maximum absolute atomic E-state index is 12.2. The van der Waals surface area contributed by atoms with Gasteiger partial charge in [-0.25, -0.2) is 4.98 Å². The summed E-state index contributed by atoms with van der Waals surface area (Å²) < 4.78 is 0. The second-order valence-electron chi connectivity index (χ2n) is 5.91. The maximum Gasteiger partial charge on any atom is 0.276 e. The first-order chi connectivity index (χ1) is 9.47. The standard InChI is InChI=1S/C16H19N3O/c1-8(2)10-5-6-11-12(7-10)17-16(20)14-13(11)18-15(19-14)9(3)4/h5-9H,1-4H3,(H,17,20)(H,18,19). The van der Waals surface area contributed by atoms with E-state index in [1.807, 2.05) is 0 Å². The molecule has 0 amide bonds. The van der Waals surface area contributed by atoms with E-state index >= 15 is 0 Å². The van der Waals surface area contributed by atoms with Crippen LogP contribution in [0, 0.1) is 0 Å². The summed E-state index contributed by atoms with van der Waals surface area (Å²) in [7, 11) is 0. The van der Waals surface area contributed by atoms with Crippen molar-refractivity contribution >= 4 is 21.9 Å². The minimum Gasteiger partial charge on any atom is -0.341 e. The molecule has 0 radical (unpaired) electrons. The van der Waals surface area contributed by atoms with Gasteiger partial charge in [0.05, 0.1) is 11.0 Å². The van der Waals surface area contributed by atoms with Gasteiger partial charge in [-0.2, -0.15) is 0 Å². The van der Waals surface area contributed by atoms with Crippen LogP contribution in [0.5, 0.6) is 0 Å². The largest absolute Gasteiger partial charge is 0.341 e. The molecule has 0 spiro atoms. The predicted molar refractivity (Wildman–Crippen MR) is 82.4 cm³/mol. The zero-order valence-electron chi connectivity index (χ0n) is 12.2. The van der Waals surface area contributed by atoms with Gasteiger partial charge >= 0.3 is 0 Å². The van der Waals surface area contributed by atoms with Crippen LogP contribution in [-0.2, 0) is 0 Å². The molecular formula is C16H19N3O. The Morgan fingerprint density at radius 3 is 2.45 bits per heavy atom. The monoisotopic (exact) mass is 269 g/mol. The Labute approximate surface area is 117 Å². The van der Waals surface area contributed by atoms with Crippen LogP contribution in [0.1, 0.15) is 50.9 Å². The van der Waals surface area contributed by atoms with Crippen molar-refractivity contribution in [2.45, 2.75) is 39.5 Å². The number of fused-ring (bicyclic) bond motifs is 3. The van der Waals surface area contributed by atoms with Crippen molar-refractivity contribution in [3.05, 3.63) is 39.9 Å². The van der Waals surface area contributed by atoms with E-state index in [9.17, 15) is 4.79 Å². The van der Waals surface area contributed by atoms with E-state index in [0.29, 0.717) is 11.4 Å². The fraction of sp³-hybridized carbons (Fsp3) is 0.375. The van der Waals surface area contributed by atoms with E-state index in [0.717, 1.165) is 22.2 Å². The lowest BCUT2D eigenvalue weighted by Crippen LogP contribution is -2.06. The third-order valence-corrected chi connectivity index (χ3v) is 3.71. The number of imidazole rings is 1. The molecule has 20 heavy (non-hydrogen) atoms. The van der Waals surface area contributed by atoms with Crippen LogP contribution in [0.15, 0.2) is 23.0 Å². The van der Waals surface area contributed by atoms with Gasteiger partial charge in [0.1, 0.15) is 5.82 Å². The Hall–Kier alpha value is -2.10. The highest BCUT2D eigenvalue weighted by Crippen LogP contribution is 2.25. The first kappa shape index (κ1) is 12.9. The Morgan fingerprint density at radius 1 is 1.05 bits per heavy atom. The lowest BCUT2D eigenvalue weighted by molar-refractivity contribution is 0.799. The molecule has 4 heteroatoms. The second-order valence-corrected chi connectivity index (χ2v) is 5.91. The van der Waals surface area contributed by atoms with Crippen molar-refractivity contribution < 1.29 is 0 Å². The molecule has 0 unspecified atom stereocenters. The topological polar surface area (TPSA) is 61.5 Å². The SMILES string of the molecule is CC(C)c1ccc2c(c1)[nH]c(=O)c1nc(C(C)C)[nH]c12. The third kappa shape index (κ3) is 1.92. The highest BCUT2D eigenvalue weighted by atomic mass is 16.1. The van der Waals surface area contributed by atoms with E-state index in [1.165, 1.54) is 5.56 Å². The van der Waals surface area contributed by atoms with E-state index in [4.69, 9.17) is 0 Å². The van der Waals surface area contributed by atoms with Gasteiger partial charge in [-0.05, 0) is 17.5 Å². The first-order valence-electron chi connectivity index (χ1n) is 7.03. The summed E-state index contributed by atoms with van der Waals surface area (Å²) in [5.41, 5.74) is 3.29. The van der Waals surface area contributed by atoms with Gasteiger partial charge in [0.2, 0.25) is 0 Å². The minimum atomic E-state index is -0.128. The molecule has 2 N–H and O–H groups in total. The lowest BCUT2D eigenvalue weighted by atomic mass is 10.0. The van der Waals surface area contributed by atoms with E-state index in [2.05, 4.69) is 60.8 Å². The Kier molecular flexibility index (Phi) is 2.89. The van der Waals surface area contributed by atoms with Gasteiger partial charge in [0.15, 0.2) is 5.52 Å². The molecule has 0 fully saturated rings. The minimum absolute atomic E-state index is 0.128. The fourth-order valence-corrected chi connectivity index (χ4v) is 2.45. The zero-order chi connectivity index (χ0) is 14.4. The molecule has 0 saturated carbocycles. The number of benzene rings is 1. The quantitative estimate of drug-likeness (QED) is 0.746. The maximum atomic E-state index is 12.2. The molecule has 0 bridgehead atoms. The highest BCUT2D eigenvalue weighted by Gasteiger charge is 2.13. The van der Waals surface area contributed by atoms with Crippen LogP contribution >= 0.6 is 0 Å². The summed E-state index contributed by atoms with van der Waals surface area (Å²) in [5, 5.41) is 1.02. The van der Waals surface area contributed by atoms with Crippen molar-refractivity contribution in [3.8, 4) is 0 Å². The van der Waals surface area contributed by atoms with Crippen molar-refractivity contribution in [3.63, 3.8) is 0 Å². The molecule has 0 aliphatic heterocycles. The Bertz CT molecular complexity index is 840. The van der Waals surface area contributed by atoms with E-state index in [1.54, 1.807) is 0 Å². The Balaban J connectivity index is 2.38. The smallest absolute Gasteiger partial charge is 0.276 e. The van der Waals surface area contributed by atoms with E-state index < -0.39 is 0 Å². The van der Waals surface area contributed by atoms with Crippen LogP contribution in [0.4, 0.5) is 0 Å². The molecule has 4 nitrogen and oxygen atoms in total. The van der Waals surface area contributed by atoms with Crippen molar-refractivity contribution in [2.75, 3.05) is 0 Å². The molecule has 0 saturated heterocycles. The first-order valence-corrected chi connectivity index (χ1v) is 7.03. The van der Waals surface area contributed by atoms with Gasteiger partial charge in [-0.3, -0.25) is 4.79 Å². The van der Waals surface area contributed by atoms with Crippen molar-refractivity contribution in [1.29, 1.82) is 0 Å². The average Bonchev–Trinajstić information content (AvgIpc) is 2.84. The molecule has 2 aromatic heterocycles. The number of pyridine rings is 1.